The fraction of sp³-hybridized carbons (Fsp3) is 0.545. The first-order chi connectivity index (χ1) is 6.36. The molecule has 2 unspecified atom stereocenters. The fourth-order valence-corrected chi connectivity index (χ4v) is 2.06. The van der Waals surface area contributed by atoms with Gasteiger partial charge in [0.1, 0.15) is 6.10 Å². The van der Waals surface area contributed by atoms with E-state index in [0.29, 0.717) is 12.0 Å². The van der Waals surface area contributed by atoms with Gasteiger partial charge in [0.05, 0.1) is 0 Å². The summed E-state index contributed by atoms with van der Waals surface area (Å²) in [5.74, 6) is 1.40. The molecule has 0 amide bonds. The van der Waals surface area contributed by atoms with Crippen LogP contribution in [0.5, 0.6) is 5.88 Å². The first-order valence-corrected chi connectivity index (χ1v) is 4.98. The van der Waals surface area contributed by atoms with Crippen LogP contribution < -0.4 is 4.74 Å². The second kappa shape index (κ2) is 3.36. The summed E-state index contributed by atoms with van der Waals surface area (Å²) in [6, 6.07) is 4.12. The first kappa shape index (κ1) is 8.54. The summed E-state index contributed by atoms with van der Waals surface area (Å²) < 4.78 is 5.75. The second-order valence-corrected chi connectivity index (χ2v) is 3.48. The number of hydrogen-bond donors (Lipinski definition) is 0. The maximum absolute atomic E-state index is 5.75. The lowest BCUT2D eigenvalue weighted by Crippen LogP contribution is -2.16. The molecule has 1 aliphatic heterocycles. The van der Waals surface area contributed by atoms with E-state index in [1.165, 1.54) is 5.56 Å². The Hall–Kier alpha value is -1.05. The molecule has 0 N–H and O–H groups in total. The van der Waals surface area contributed by atoms with Gasteiger partial charge >= 0.3 is 0 Å². The van der Waals surface area contributed by atoms with E-state index >= 15 is 0 Å². The van der Waals surface area contributed by atoms with Crippen molar-refractivity contribution in [2.75, 3.05) is 0 Å². The molecule has 1 aromatic rings. The van der Waals surface area contributed by atoms with Gasteiger partial charge in [-0.05, 0) is 18.9 Å². The summed E-state index contributed by atoms with van der Waals surface area (Å²) >= 11 is 0. The summed E-state index contributed by atoms with van der Waals surface area (Å²) in [7, 11) is 0. The molecule has 0 bridgehead atoms. The number of rotatable bonds is 2. The normalized spacial score (nSPS) is 25.4. The number of fused-ring (bicyclic) bond motifs is 1. The minimum atomic E-state index is 0.342. The van der Waals surface area contributed by atoms with Gasteiger partial charge < -0.3 is 4.74 Å². The van der Waals surface area contributed by atoms with Crippen LogP contribution in [0.1, 0.15) is 38.2 Å². The zero-order valence-corrected chi connectivity index (χ0v) is 8.16. The summed E-state index contributed by atoms with van der Waals surface area (Å²) in [5.41, 5.74) is 1.29. The van der Waals surface area contributed by atoms with Crippen molar-refractivity contribution >= 4 is 0 Å². The molecule has 0 radical (unpaired) electrons. The van der Waals surface area contributed by atoms with Gasteiger partial charge in [0.25, 0.3) is 0 Å². The predicted octanol–water partition coefficient (Wildman–Crippen LogP) is 2.75. The molecule has 2 heteroatoms. The van der Waals surface area contributed by atoms with Crippen molar-refractivity contribution in [1.29, 1.82) is 0 Å². The lowest BCUT2D eigenvalue weighted by atomic mass is 9.93. The fourth-order valence-electron chi connectivity index (χ4n) is 2.06. The molecule has 0 saturated heterocycles. The van der Waals surface area contributed by atoms with Gasteiger partial charge in [-0.25, -0.2) is 4.98 Å². The van der Waals surface area contributed by atoms with E-state index in [1.807, 2.05) is 6.07 Å². The van der Waals surface area contributed by atoms with Gasteiger partial charge in [0, 0.05) is 17.7 Å². The molecule has 2 nitrogen and oxygen atoms in total. The van der Waals surface area contributed by atoms with Crippen LogP contribution in [0, 0.1) is 0 Å². The van der Waals surface area contributed by atoms with Crippen LogP contribution in [-0.2, 0) is 0 Å². The molecule has 0 fully saturated rings. The minimum absolute atomic E-state index is 0.342. The monoisotopic (exact) mass is 177 g/mol. The Morgan fingerprint density at radius 3 is 2.92 bits per heavy atom. The molecule has 0 aliphatic carbocycles. The van der Waals surface area contributed by atoms with E-state index in [9.17, 15) is 0 Å². The Morgan fingerprint density at radius 2 is 2.23 bits per heavy atom. The number of nitrogens with zero attached hydrogens (tertiary/aromatic N) is 1. The van der Waals surface area contributed by atoms with Gasteiger partial charge in [0.15, 0.2) is 0 Å². The Kier molecular flexibility index (Phi) is 2.21. The van der Waals surface area contributed by atoms with E-state index in [4.69, 9.17) is 4.74 Å². The Bertz CT molecular complexity index is 298. The summed E-state index contributed by atoms with van der Waals surface area (Å²) in [5, 5.41) is 0. The maximum atomic E-state index is 5.75. The third-order valence-electron chi connectivity index (χ3n) is 2.75. The highest BCUT2D eigenvalue weighted by atomic mass is 16.5. The highest BCUT2D eigenvalue weighted by Gasteiger charge is 2.32. The van der Waals surface area contributed by atoms with Gasteiger partial charge in [-0.1, -0.05) is 19.9 Å². The average molecular weight is 177 g/mol. The smallest absolute Gasteiger partial charge is 0.217 e. The molecule has 1 aromatic heterocycles. The molecule has 13 heavy (non-hydrogen) atoms. The SMILES string of the molecule is CCC1Oc2ncccc2C1CC. The molecule has 70 valence electrons. The molecule has 2 heterocycles. The Balaban J connectivity index is 2.34. The van der Waals surface area contributed by atoms with E-state index < -0.39 is 0 Å². The van der Waals surface area contributed by atoms with Crippen LogP contribution in [-0.4, -0.2) is 11.1 Å². The molecule has 0 saturated carbocycles. The quantitative estimate of drug-likeness (QED) is 0.693. The summed E-state index contributed by atoms with van der Waals surface area (Å²) in [4.78, 5) is 4.23. The highest BCUT2D eigenvalue weighted by molar-refractivity contribution is 5.34. The number of aromatic nitrogens is 1. The van der Waals surface area contributed by atoms with E-state index in [2.05, 4.69) is 24.9 Å². The van der Waals surface area contributed by atoms with Crippen molar-refractivity contribution in [3.8, 4) is 5.88 Å². The van der Waals surface area contributed by atoms with E-state index in [-0.39, 0.29) is 0 Å². The lowest BCUT2D eigenvalue weighted by molar-refractivity contribution is 0.192. The van der Waals surface area contributed by atoms with E-state index in [1.54, 1.807) is 6.20 Å². The van der Waals surface area contributed by atoms with Crippen molar-refractivity contribution in [3.05, 3.63) is 23.9 Å². The van der Waals surface area contributed by atoms with E-state index in [0.717, 1.165) is 18.7 Å². The standard InChI is InChI=1S/C11H15NO/c1-3-8-9-6-5-7-12-11(9)13-10(8)4-2/h5-8,10H,3-4H2,1-2H3. The molecule has 2 atom stereocenters. The average Bonchev–Trinajstić information content (AvgIpc) is 2.55. The van der Waals surface area contributed by atoms with Crippen molar-refractivity contribution in [1.82, 2.24) is 4.98 Å². The number of ether oxygens (including phenoxy) is 1. The van der Waals surface area contributed by atoms with Gasteiger partial charge in [0.2, 0.25) is 5.88 Å². The third-order valence-corrected chi connectivity index (χ3v) is 2.75. The first-order valence-electron chi connectivity index (χ1n) is 4.98. The van der Waals surface area contributed by atoms with Crippen LogP contribution >= 0.6 is 0 Å². The van der Waals surface area contributed by atoms with Crippen molar-refractivity contribution in [2.45, 2.75) is 38.7 Å². The molecular weight excluding hydrogens is 162 g/mol. The largest absolute Gasteiger partial charge is 0.474 e. The van der Waals surface area contributed by atoms with Gasteiger partial charge in [-0.2, -0.15) is 0 Å². The molecule has 0 spiro atoms. The lowest BCUT2D eigenvalue weighted by Gasteiger charge is -2.14. The van der Waals surface area contributed by atoms with Crippen molar-refractivity contribution < 1.29 is 4.74 Å². The third kappa shape index (κ3) is 1.30. The number of hydrogen-bond acceptors (Lipinski definition) is 2. The number of pyridine rings is 1. The molecule has 0 aromatic carbocycles. The van der Waals surface area contributed by atoms with Crippen LogP contribution in [0.2, 0.25) is 0 Å². The van der Waals surface area contributed by atoms with Crippen molar-refractivity contribution in [2.24, 2.45) is 0 Å². The Morgan fingerprint density at radius 1 is 1.38 bits per heavy atom. The molecule has 1 aliphatic rings. The van der Waals surface area contributed by atoms with Crippen LogP contribution in [0.3, 0.4) is 0 Å². The van der Waals surface area contributed by atoms with Crippen LogP contribution in [0.4, 0.5) is 0 Å². The Labute approximate surface area is 78.9 Å². The summed E-state index contributed by atoms with van der Waals surface area (Å²) in [6.45, 7) is 4.37. The van der Waals surface area contributed by atoms with Gasteiger partial charge in [-0.15, -0.1) is 0 Å². The maximum Gasteiger partial charge on any atom is 0.217 e. The topological polar surface area (TPSA) is 22.1 Å². The molecular formula is C11H15NO. The van der Waals surface area contributed by atoms with Crippen molar-refractivity contribution in [3.63, 3.8) is 0 Å². The minimum Gasteiger partial charge on any atom is -0.474 e. The molecule has 2 rings (SSSR count). The zero-order chi connectivity index (χ0) is 9.26. The highest BCUT2D eigenvalue weighted by Crippen LogP contribution is 2.39. The van der Waals surface area contributed by atoms with Crippen LogP contribution in [0.25, 0.3) is 0 Å². The van der Waals surface area contributed by atoms with Gasteiger partial charge in [-0.3, -0.25) is 0 Å². The predicted molar refractivity (Wildman–Crippen MR) is 52.0 cm³/mol. The van der Waals surface area contributed by atoms with Crippen LogP contribution in [0.15, 0.2) is 18.3 Å². The second-order valence-electron chi connectivity index (χ2n) is 3.48. The summed E-state index contributed by atoms with van der Waals surface area (Å²) in [6.07, 6.45) is 4.34. The zero-order valence-electron chi connectivity index (χ0n) is 8.16.